The number of aromatic nitrogens is 3. The van der Waals surface area contributed by atoms with Crippen LogP contribution in [0.4, 0.5) is 10.2 Å². The van der Waals surface area contributed by atoms with Crippen LogP contribution in [0.2, 0.25) is 0 Å². The van der Waals surface area contributed by atoms with E-state index in [1.165, 1.54) is 12.1 Å². The van der Waals surface area contributed by atoms with Gasteiger partial charge in [-0.3, -0.25) is 4.79 Å². The maximum absolute atomic E-state index is 13.3. The van der Waals surface area contributed by atoms with Crippen molar-refractivity contribution in [1.82, 2.24) is 19.9 Å². The second kappa shape index (κ2) is 8.78. The number of carbonyl (C=O) groups is 1. The summed E-state index contributed by atoms with van der Waals surface area (Å²) in [4.78, 5) is 19.4. The van der Waals surface area contributed by atoms with E-state index in [4.69, 9.17) is 0 Å². The van der Waals surface area contributed by atoms with Crippen molar-refractivity contribution < 1.29 is 9.18 Å². The summed E-state index contributed by atoms with van der Waals surface area (Å²) in [6.45, 7) is 2.07. The summed E-state index contributed by atoms with van der Waals surface area (Å²) in [5, 5.41) is 7.69. The fourth-order valence-electron chi connectivity index (χ4n) is 4.20. The number of amides is 1. The third-order valence-corrected chi connectivity index (χ3v) is 5.98. The Balaban J connectivity index is 1.26. The van der Waals surface area contributed by atoms with E-state index in [0.717, 1.165) is 54.1 Å². The summed E-state index contributed by atoms with van der Waals surface area (Å²) in [6, 6.07) is 18.3. The van der Waals surface area contributed by atoms with Gasteiger partial charge in [-0.2, -0.15) is 5.10 Å². The van der Waals surface area contributed by atoms with Gasteiger partial charge in [-0.15, -0.1) is 0 Å². The van der Waals surface area contributed by atoms with Gasteiger partial charge in [-0.25, -0.2) is 13.9 Å². The van der Waals surface area contributed by atoms with Crippen LogP contribution < -0.4 is 10.2 Å². The molecule has 0 saturated carbocycles. The summed E-state index contributed by atoms with van der Waals surface area (Å²) in [7, 11) is 0. The van der Waals surface area contributed by atoms with Crippen molar-refractivity contribution in [1.29, 1.82) is 0 Å². The summed E-state index contributed by atoms with van der Waals surface area (Å²) in [5.74, 6) is 0.712. The Hall–Kier alpha value is -3.74. The van der Waals surface area contributed by atoms with Crippen molar-refractivity contribution in [3.63, 3.8) is 0 Å². The fraction of sp³-hybridized carbons (Fsp3) is 0.240. The third-order valence-electron chi connectivity index (χ3n) is 5.98. The fourth-order valence-corrected chi connectivity index (χ4v) is 4.20. The van der Waals surface area contributed by atoms with Crippen LogP contribution in [0.25, 0.3) is 16.8 Å². The Morgan fingerprint density at radius 2 is 1.81 bits per heavy atom. The molecular formula is C25H24FN5O. The number of halogens is 1. The normalized spacial score (nSPS) is 14.6. The minimum absolute atomic E-state index is 0.00869. The number of anilines is 1. The van der Waals surface area contributed by atoms with Crippen LogP contribution in [0.3, 0.4) is 0 Å². The summed E-state index contributed by atoms with van der Waals surface area (Å²) in [5.41, 5.74) is 3.63. The van der Waals surface area contributed by atoms with Crippen LogP contribution in [0.5, 0.6) is 0 Å². The van der Waals surface area contributed by atoms with Gasteiger partial charge < -0.3 is 10.2 Å². The maximum Gasteiger partial charge on any atom is 0.223 e. The molecule has 0 spiro atoms. The molecule has 7 heteroatoms. The minimum atomic E-state index is -0.268. The molecule has 2 aromatic carbocycles. The number of carbonyl (C=O) groups excluding carboxylic acids is 1. The number of hydrogen-bond donors (Lipinski definition) is 1. The van der Waals surface area contributed by atoms with E-state index in [-0.39, 0.29) is 17.6 Å². The van der Waals surface area contributed by atoms with E-state index in [2.05, 4.69) is 20.3 Å². The van der Waals surface area contributed by atoms with Crippen molar-refractivity contribution in [2.75, 3.05) is 18.0 Å². The van der Waals surface area contributed by atoms with Crippen LogP contribution in [0.1, 0.15) is 18.4 Å². The SMILES string of the molecule is O=C(NCc1ccccc1)C1CCN(c2nccn3nc(-c4ccc(F)cc4)cc23)CC1. The number of hydrogen-bond acceptors (Lipinski definition) is 4. The van der Waals surface area contributed by atoms with E-state index < -0.39 is 0 Å². The van der Waals surface area contributed by atoms with Gasteiger partial charge in [-0.1, -0.05) is 30.3 Å². The minimum Gasteiger partial charge on any atom is -0.355 e. The van der Waals surface area contributed by atoms with Gasteiger partial charge in [0.25, 0.3) is 0 Å². The second-order valence-corrected chi connectivity index (χ2v) is 8.08. The standard InChI is InChI=1S/C25H24FN5O/c26-21-8-6-19(7-9-21)22-16-23-24(27-12-15-31(23)29-22)30-13-10-20(11-14-30)25(32)28-17-18-4-2-1-3-5-18/h1-9,12,15-16,20H,10-11,13-14,17H2,(H,28,32). The molecule has 3 heterocycles. The quantitative estimate of drug-likeness (QED) is 0.520. The molecule has 0 atom stereocenters. The Kier molecular flexibility index (Phi) is 5.54. The molecule has 4 aromatic rings. The lowest BCUT2D eigenvalue weighted by Gasteiger charge is -2.32. The molecule has 1 N–H and O–H groups in total. The van der Waals surface area contributed by atoms with E-state index in [1.54, 1.807) is 22.8 Å². The number of nitrogens with one attached hydrogen (secondary N) is 1. The zero-order valence-corrected chi connectivity index (χ0v) is 17.6. The Bertz CT molecular complexity index is 1210. The molecule has 0 aliphatic carbocycles. The number of nitrogens with zero attached hydrogens (tertiary/aromatic N) is 4. The Labute approximate surface area is 185 Å². The highest BCUT2D eigenvalue weighted by Gasteiger charge is 2.26. The third kappa shape index (κ3) is 4.19. The molecule has 0 unspecified atom stereocenters. The van der Waals surface area contributed by atoms with Gasteiger partial charge >= 0.3 is 0 Å². The van der Waals surface area contributed by atoms with Crippen LogP contribution >= 0.6 is 0 Å². The first-order valence-corrected chi connectivity index (χ1v) is 10.8. The first kappa shape index (κ1) is 20.2. The van der Waals surface area contributed by atoms with Gasteiger partial charge in [0.05, 0.1) is 5.69 Å². The van der Waals surface area contributed by atoms with Gasteiger partial charge in [0.2, 0.25) is 5.91 Å². The van der Waals surface area contributed by atoms with Gasteiger partial charge in [0.15, 0.2) is 5.82 Å². The zero-order chi connectivity index (χ0) is 21.9. The number of piperidine rings is 1. The lowest BCUT2D eigenvalue weighted by atomic mass is 9.95. The smallest absolute Gasteiger partial charge is 0.223 e. The maximum atomic E-state index is 13.3. The summed E-state index contributed by atoms with van der Waals surface area (Å²) < 4.78 is 15.1. The highest BCUT2D eigenvalue weighted by Crippen LogP contribution is 2.28. The first-order valence-electron chi connectivity index (χ1n) is 10.8. The molecule has 2 aromatic heterocycles. The molecule has 1 saturated heterocycles. The molecule has 1 fully saturated rings. The monoisotopic (exact) mass is 429 g/mol. The summed E-state index contributed by atoms with van der Waals surface area (Å²) >= 11 is 0. The highest BCUT2D eigenvalue weighted by molar-refractivity contribution is 5.79. The van der Waals surface area contributed by atoms with Crippen LogP contribution in [-0.4, -0.2) is 33.6 Å². The second-order valence-electron chi connectivity index (χ2n) is 8.08. The summed E-state index contributed by atoms with van der Waals surface area (Å²) in [6.07, 6.45) is 5.11. The van der Waals surface area contributed by atoms with Gasteiger partial charge in [0.1, 0.15) is 11.3 Å². The zero-order valence-electron chi connectivity index (χ0n) is 17.6. The highest BCUT2D eigenvalue weighted by atomic mass is 19.1. The van der Waals surface area contributed by atoms with Crippen molar-refractivity contribution in [2.24, 2.45) is 5.92 Å². The lowest BCUT2D eigenvalue weighted by molar-refractivity contribution is -0.125. The van der Waals surface area contributed by atoms with Crippen LogP contribution in [-0.2, 0) is 11.3 Å². The Morgan fingerprint density at radius 3 is 2.56 bits per heavy atom. The molecular weight excluding hydrogens is 405 g/mol. The van der Waals surface area contributed by atoms with E-state index in [9.17, 15) is 9.18 Å². The predicted octanol–water partition coefficient (Wildman–Crippen LogP) is 4.07. The largest absolute Gasteiger partial charge is 0.355 e. The van der Waals surface area contributed by atoms with Gasteiger partial charge in [0, 0.05) is 43.5 Å². The average molecular weight is 429 g/mol. The average Bonchev–Trinajstić information content (AvgIpc) is 3.28. The van der Waals surface area contributed by atoms with E-state index in [0.29, 0.717) is 6.54 Å². The molecule has 32 heavy (non-hydrogen) atoms. The molecule has 0 bridgehead atoms. The van der Waals surface area contributed by atoms with Crippen LogP contribution in [0, 0.1) is 11.7 Å². The van der Waals surface area contributed by atoms with Crippen molar-refractivity contribution >= 4 is 17.2 Å². The topological polar surface area (TPSA) is 62.5 Å². The van der Waals surface area contributed by atoms with Crippen molar-refractivity contribution in [3.05, 3.63) is 84.4 Å². The molecule has 6 nitrogen and oxygen atoms in total. The first-order chi connectivity index (χ1) is 15.7. The molecule has 1 aliphatic heterocycles. The molecule has 162 valence electrons. The molecule has 5 rings (SSSR count). The molecule has 0 radical (unpaired) electrons. The Morgan fingerprint density at radius 1 is 1.06 bits per heavy atom. The van der Waals surface area contributed by atoms with Gasteiger partial charge in [-0.05, 0) is 48.7 Å². The number of rotatable bonds is 5. The van der Waals surface area contributed by atoms with Crippen LogP contribution in [0.15, 0.2) is 73.1 Å². The number of fused-ring (bicyclic) bond motifs is 1. The molecule has 1 amide bonds. The van der Waals surface area contributed by atoms with Crippen molar-refractivity contribution in [3.8, 4) is 11.3 Å². The predicted molar refractivity (Wildman–Crippen MR) is 122 cm³/mol. The lowest BCUT2D eigenvalue weighted by Crippen LogP contribution is -2.40. The van der Waals surface area contributed by atoms with E-state index in [1.807, 2.05) is 42.6 Å². The molecule has 1 aliphatic rings. The number of benzene rings is 2. The van der Waals surface area contributed by atoms with E-state index >= 15 is 0 Å². The van der Waals surface area contributed by atoms with Crippen molar-refractivity contribution in [2.45, 2.75) is 19.4 Å².